The zero-order chi connectivity index (χ0) is 15.9. The second-order valence-corrected chi connectivity index (χ2v) is 4.63. The molecule has 0 fully saturated rings. The van der Waals surface area contributed by atoms with E-state index < -0.39 is 12.3 Å². The molecular formula is C15H27NO5. The van der Waals surface area contributed by atoms with Crippen LogP contribution in [-0.2, 0) is 19.1 Å². The van der Waals surface area contributed by atoms with Crippen molar-refractivity contribution in [2.75, 3.05) is 19.8 Å². The number of aliphatic carboxylic acids is 1. The molecule has 0 aromatic rings. The highest BCUT2D eigenvalue weighted by Crippen LogP contribution is 2.00. The minimum absolute atomic E-state index is 0.0307. The van der Waals surface area contributed by atoms with E-state index in [4.69, 9.17) is 14.6 Å². The molecule has 0 bridgehead atoms. The molecule has 0 aromatic heterocycles. The fraction of sp³-hybridized carbons (Fsp3) is 0.733. The van der Waals surface area contributed by atoms with Crippen molar-refractivity contribution in [1.29, 1.82) is 0 Å². The summed E-state index contributed by atoms with van der Waals surface area (Å²) in [4.78, 5) is 21.8. The van der Waals surface area contributed by atoms with Crippen LogP contribution in [0.15, 0.2) is 12.2 Å². The highest BCUT2D eigenvalue weighted by molar-refractivity contribution is 5.82. The van der Waals surface area contributed by atoms with Crippen LogP contribution in [0, 0.1) is 0 Å². The Balaban J connectivity index is 4.00. The first kappa shape index (κ1) is 19.6. The number of carboxylic acids is 1. The van der Waals surface area contributed by atoms with Gasteiger partial charge in [0, 0.05) is 25.7 Å². The number of unbranched alkanes of at least 4 members (excludes halogenated alkanes) is 2. The van der Waals surface area contributed by atoms with Gasteiger partial charge in [-0.2, -0.15) is 0 Å². The van der Waals surface area contributed by atoms with Crippen molar-refractivity contribution in [1.82, 2.24) is 5.32 Å². The molecule has 6 heteroatoms. The van der Waals surface area contributed by atoms with E-state index in [1.807, 2.05) is 0 Å². The molecule has 1 amide bonds. The van der Waals surface area contributed by atoms with E-state index in [2.05, 4.69) is 19.2 Å². The Bertz CT molecular complexity index is 307. The topological polar surface area (TPSA) is 84.9 Å². The molecule has 0 saturated carbocycles. The van der Waals surface area contributed by atoms with Crippen LogP contribution in [0.4, 0.5) is 0 Å². The van der Waals surface area contributed by atoms with Crippen LogP contribution in [0.2, 0.25) is 0 Å². The van der Waals surface area contributed by atoms with Gasteiger partial charge in [-0.05, 0) is 12.8 Å². The molecule has 2 N–H and O–H groups in total. The number of hydrogen-bond donors (Lipinski definition) is 2. The van der Waals surface area contributed by atoms with Gasteiger partial charge in [-0.25, -0.2) is 4.79 Å². The van der Waals surface area contributed by atoms with Gasteiger partial charge >= 0.3 is 5.97 Å². The standard InChI is InChI=1S/C15H27NO5/c1-3-5-10-20-15(21-11-6-4-2)12-16-13(17)8-7-9-14(18)19/h7,9,15H,3-6,8,10-12H2,1-2H3,(H,16,17)(H,18,19). The average molecular weight is 301 g/mol. The zero-order valence-corrected chi connectivity index (χ0v) is 13.0. The van der Waals surface area contributed by atoms with E-state index >= 15 is 0 Å². The first-order chi connectivity index (χ1) is 10.1. The number of rotatable bonds is 13. The number of carbonyl (C=O) groups is 2. The van der Waals surface area contributed by atoms with Gasteiger partial charge in [0.15, 0.2) is 6.29 Å². The maximum absolute atomic E-state index is 11.5. The third-order valence-corrected chi connectivity index (χ3v) is 2.63. The highest BCUT2D eigenvalue weighted by atomic mass is 16.7. The van der Waals surface area contributed by atoms with E-state index in [1.165, 1.54) is 6.08 Å². The summed E-state index contributed by atoms with van der Waals surface area (Å²) in [5, 5.41) is 11.1. The van der Waals surface area contributed by atoms with Crippen LogP contribution in [0.1, 0.15) is 46.0 Å². The van der Waals surface area contributed by atoms with Crippen LogP contribution in [0.3, 0.4) is 0 Å². The first-order valence-corrected chi connectivity index (χ1v) is 7.49. The van der Waals surface area contributed by atoms with Gasteiger partial charge in [-0.3, -0.25) is 4.79 Å². The van der Waals surface area contributed by atoms with E-state index in [0.29, 0.717) is 13.2 Å². The number of nitrogens with one attached hydrogen (secondary N) is 1. The summed E-state index contributed by atoms with van der Waals surface area (Å²) in [5.74, 6) is -1.32. The Morgan fingerprint density at radius 2 is 1.71 bits per heavy atom. The third-order valence-electron chi connectivity index (χ3n) is 2.63. The predicted octanol–water partition coefficient (Wildman–Crippen LogP) is 2.09. The lowest BCUT2D eigenvalue weighted by Crippen LogP contribution is -2.35. The van der Waals surface area contributed by atoms with Crippen molar-refractivity contribution in [3.63, 3.8) is 0 Å². The smallest absolute Gasteiger partial charge is 0.327 e. The molecule has 122 valence electrons. The minimum Gasteiger partial charge on any atom is -0.478 e. The molecule has 0 heterocycles. The molecule has 0 atom stereocenters. The van der Waals surface area contributed by atoms with Crippen molar-refractivity contribution < 1.29 is 24.2 Å². The number of hydrogen-bond acceptors (Lipinski definition) is 4. The zero-order valence-electron chi connectivity index (χ0n) is 13.0. The SMILES string of the molecule is CCCCOC(CNC(=O)CC=CC(=O)O)OCCCC. The summed E-state index contributed by atoms with van der Waals surface area (Å²) >= 11 is 0. The third kappa shape index (κ3) is 13.3. The Kier molecular flexibility index (Phi) is 12.7. The maximum atomic E-state index is 11.5. The summed E-state index contributed by atoms with van der Waals surface area (Å²) in [6, 6.07) is 0. The number of amides is 1. The van der Waals surface area contributed by atoms with E-state index in [-0.39, 0.29) is 18.9 Å². The fourth-order valence-corrected chi connectivity index (χ4v) is 1.42. The van der Waals surface area contributed by atoms with Gasteiger partial charge in [-0.1, -0.05) is 32.8 Å². The molecule has 0 saturated heterocycles. The first-order valence-electron chi connectivity index (χ1n) is 7.49. The van der Waals surface area contributed by atoms with Crippen LogP contribution < -0.4 is 5.32 Å². The van der Waals surface area contributed by atoms with Crippen LogP contribution in [0.25, 0.3) is 0 Å². The van der Waals surface area contributed by atoms with Crippen molar-refractivity contribution in [3.8, 4) is 0 Å². The molecule has 0 aromatic carbocycles. The Morgan fingerprint density at radius 3 is 2.19 bits per heavy atom. The molecule has 6 nitrogen and oxygen atoms in total. The number of ether oxygens (including phenoxy) is 2. The molecule has 0 radical (unpaired) electrons. The van der Waals surface area contributed by atoms with Crippen LogP contribution in [-0.4, -0.2) is 43.0 Å². The molecule has 0 rings (SSSR count). The van der Waals surface area contributed by atoms with Gasteiger partial charge in [0.05, 0.1) is 6.54 Å². The predicted molar refractivity (Wildman–Crippen MR) is 79.9 cm³/mol. The molecule has 0 aliphatic rings. The molecule has 21 heavy (non-hydrogen) atoms. The van der Waals surface area contributed by atoms with Crippen LogP contribution >= 0.6 is 0 Å². The quantitative estimate of drug-likeness (QED) is 0.309. The van der Waals surface area contributed by atoms with Gasteiger partial charge in [0.25, 0.3) is 0 Å². The lowest BCUT2D eigenvalue weighted by molar-refractivity contribution is -0.145. The van der Waals surface area contributed by atoms with Crippen molar-refractivity contribution in [3.05, 3.63) is 12.2 Å². The van der Waals surface area contributed by atoms with Gasteiger partial charge in [0.2, 0.25) is 5.91 Å². The molecule has 0 spiro atoms. The fourth-order valence-electron chi connectivity index (χ4n) is 1.42. The lowest BCUT2D eigenvalue weighted by atomic mass is 10.3. The van der Waals surface area contributed by atoms with Gasteiger partial charge in [-0.15, -0.1) is 0 Å². The molecule has 0 unspecified atom stereocenters. The van der Waals surface area contributed by atoms with Crippen molar-refractivity contribution in [2.45, 2.75) is 52.2 Å². The largest absolute Gasteiger partial charge is 0.478 e. The average Bonchev–Trinajstić information content (AvgIpc) is 2.44. The van der Waals surface area contributed by atoms with E-state index in [1.54, 1.807) is 0 Å². The Morgan fingerprint density at radius 1 is 1.14 bits per heavy atom. The minimum atomic E-state index is -1.06. The molecule has 0 aliphatic heterocycles. The van der Waals surface area contributed by atoms with E-state index in [0.717, 1.165) is 31.8 Å². The summed E-state index contributed by atoms with van der Waals surface area (Å²) in [5.41, 5.74) is 0. The Hall–Kier alpha value is -1.40. The maximum Gasteiger partial charge on any atom is 0.327 e. The number of carbonyl (C=O) groups excluding carboxylic acids is 1. The van der Waals surface area contributed by atoms with Gasteiger partial charge in [0.1, 0.15) is 0 Å². The lowest BCUT2D eigenvalue weighted by Gasteiger charge is -2.19. The Labute approximate surface area is 126 Å². The monoisotopic (exact) mass is 301 g/mol. The van der Waals surface area contributed by atoms with Gasteiger partial charge < -0.3 is 19.9 Å². The van der Waals surface area contributed by atoms with Crippen LogP contribution in [0.5, 0.6) is 0 Å². The summed E-state index contributed by atoms with van der Waals surface area (Å²) < 4.78 is 11.1. The molecular weight excluding hydrogens is 274 g/mol. The second kappa shape index (κ2) is 13.6. The van der Waals surface area contributed by atoms with Crippen molar-refractivity contribution in [2.24, 2.45) is 0 Å². The summed E-state index contributed by atoms with van der Waals surface area (Å²) in [6.07, 6.45) is 5.81. The molecule has 0 aliphatic carbocycles. The number of carboxylic acid groups (broad SMARTS) is 1. The highest BCUT2D eigenvalue weighted by Gasteiger charge is 2.10. The normalized spacial score (nSPS) is 11.2. The van der Waals surface area contributed by atoms with Crippen molar-refractivity contribution >= 4 is 11.9 Å². The second-order valence-electron chi connectivity index (χ2n) is 4.63. The summed E-state index contributed by atoms with van der Waals surface area (Å²) in [7, 11) is 0. The van der Waals surface area contributed by atoms with E-state index in [9.17, 15) is 9.59 Å². The summed E-state index contributed by atoms with van der Waals surface area (Å²) in [6.45, 7) is 5.62.